The van der Waals surface area contributed by atoms with Crippen molar-refractivity contribution in [2.45, 2.75) is 26.3 Å². The van der Waals surface area contributed by atoms with Crippen molar-refractivity contribution in [2.24, 2.45) is 5.92 Å². The number of nitrogens with one attached hydrogen (secondary N) is 1. The Morgan fingerprint density at radius 3 is 2.67 bits per heavy atom. The van der Waals surface area contributed by atoms with Crippen LogP contribution in [0.5, 0.6) is 0 Å². The number of rotatable bonds is 4. The topological polar surface area (TPSA) is 86.7 Å². The highest BCUT2D eigenvalue weighted by Gasteiger charge is 2.42. The van der Waals surface area contributed by atoms with E-state index in [0.29, 0.717) is 6.42 Å². The summed E-state index contributed by atoms with van der Waals surface area (Å²) in [7, 11) is -3.63. The first kappa shape index (κ1) is 12.4. The molecule has 0 saturated carbocycles. The Hall–Kier alpha value is -0.660. The SMILES string of the molecule is CCNS(=O)(=O)N1CCC(C)C1C(=O)O. The molecule has 15 heavy (non-hydrogen) atoms. The average Bonchev–Trinajstić information content (AvgIpc) is 2.47. The summed E-state index contributed by atoms with van der Waals surface area (Å²) >= 11 is 0. The van der Waals surface area contributed by atoms with Gasteiger partial charge in [0.05, 0.1) is 0 Å². The molecule has 1 saturated heterocycles. The second-order valence-electron chi connectivity index (χ2n) is 3.66. The fourth-order valence-electron chi connectivity index (χ4n) is 1.81. The van der Waals surface area contributed by atoms with Gasteiger partial charge in [-0.3, -0.25) is 4.79 Å². The molecule has 0 aromatic heterocycles. The zero-order valence-electron chi connectivity index (χ0n) is 8.80. The van der Waals surface area contributed by atoms with E-state index in [1.165, 1.54) is 0 Å². The number of hydrogen-bond acceptors (Lipinski definition) is 3. The highest BCUT2D eigenvalue weighted by atomic mass is 32.2. The second-order valence-corrected chi connectivity index (χ2v) is 5.37. The molecule has 88 valence electrons. The zero-order chi connectivity index (χ0) is 11.6. The smallest absolute Gasteiger partial charge is 0.322 e. The van der Waals surface area contributed by atoms with Crippen LogP contribution >= 0.6 is 0 Å². The highest BCUT2D eigenvalue weighted by Crippen LogP contribution is 2.26. The Balaban J connectivity index is 2.91. The fraction of sp³-hybridized carbons (Fsp3) is 0.875. The van der Waals surface area contributed by atoms with Gasteiger partial charge < -0.3 is 5.11 Å². The number of carbonyl (C=O) groups is 1. The lowest BCUT2D eigenvalue weighted by atomic mass is 10.0. The molecule has 0 aromatic carbocycles. The molecule has 1 rings (SSSR count). The quantitative estimate of drug-likeness (QED) is 0.697. The van der Waals surface area contributed by atoms with Gasteiger partial charge in [0.25, 0.3) is 10.2 Å². The number of carboxylic acid groups (broad SMARTS) is 1. The van der Waals surface area contributed by atoms with Crippen LogP contribution in [0.1, 0.15) is 20.3 Å². The Kier molecular flexibility index (Phi) is 3.69. The van der Waals surface area contributed by atoms with E-state index in [1.807, 2.05) is 0 Å². The molecule has 0 bridgehead atoms. The van der Waals surface area contributed by atoms with Gasteiger partial charge in [-0.2, -0.15) is 12.7 Å². The van der Waals surface area contributed by atoms with Crippen LogP contribution in [0.3, 0.4) is 0 Å². The molecule has 0 aliphatic carbocycles. The number of carboxylic acids is 1. The van der Waals surface area contributed by atoms with Gasteiger partial charge in [-0.1, -0.05) is 13.8 Å². The van der Waals surface area contributed by atoms with Gasteiger partial charge in [0.2, 0.25) is 0 Å². The Morgan fingerprint density at radius 2 is 2.20 bits per heavy atom. The first-order valence-corrected chi connectivity index (χ1v) is 6.33. The maximum absolute atomic E-state index is 11.6. The van der Waals surface area contributed by atoms with E-state index < -0.39 is 22.2 Å². The Labute approximate surface area is 89.4 Å². The Morgan fingerprint density at radius 1 is 1.60 bits per heavy atom. The van der Waals surface area contributed by atoms with Crippen molar-refractivity contribution in [1.29, 1.82) is 0 Å². The standard InChI is InChI=1S/C8H16N2O4S/c1-3-9-15(13,14)10-5-4-6(2)7(10)8(11)12/h6-7,9H,3-5H2,1-2H3,(H,11,12). The van der Waals surface area contributed by atoms with Crippen LogP contribution < -0.4 is 4.72 Å². The minimum absolute atomic E-state index is 0.143. The van der Waals surface area contributed by atoms with E-state index in [-0.39, 0.29) is 19.0 Å². The molecule has 0 spiro atoms. The second kappa shape index (κ2) is 4.46. The molecule has 2 atom stereocenters. The van der Waals surface area contributed by atoms with E-state index >= 15 is 0 Å². The van der Waals surface area contributed by atoms with Crippen molar-refractivity contribution in [3.63, 3.8) is 0 Å². The summed E-state index contributed by atoms with van der Waals surface area (Å²) in [6, 6.07) is -0.936. The molecule has 2 N–H and O–H groups in total. The molecule has 0 radical (unpaired) electrons. The van der Waals surface area contributed by atoms with Gasteiger partial charge in [0.15, 0.2) is 0 Å². The molecule has 7 heteroatoms. The largest absolute Gasteiger partial charge is 0.480 e. The molecule has 0 aromatic rings. The molecule has 1 fully saturated rings. The van der Waals surface area contributed by atoms with Crippen molar-refractivity contribution in [3.05, 3.63) is 0 Å². The normalized spacial score (nSPS) is 28.1. The van der Waals surface area contributed by atoms with Gasteiger partial charge in [-0.25, -0.2) is 4.72 Å². The summed E-state index contributed by atoms with van der Waals surface area (Å²) in [4.78, 5) is 10.9. The lowest BCUT2D eigenvalue weighted by Crippen LogP contribution is -2.47. The molecule has 1 aliphatic rings. The van der Waals surface area contributed by atoms with Crippen LogP contribution in [-0.4, -0.2) is 42.9 Å². The zero-order valence-corrected chi connectivity index (χ0v) is 9.62. The predicted octanol–water partition coefficient (Wildman–Crippen LogP) is -0.364. The molecule has 1 aliphatic heterocycles. The molecule has 6 nitrogen and oxygen atoms in total. The van der Waals surface area contributed by atoms with Crippen molar-refractivity contribution >= 4 is 16.2 Å². The molecule has 0 amide bonds. The van der Waals surface area contributed by atoms with Crippen molar-refractivity contribution in [3.8, 4) is 0 Å². The van der Waals surface area contributed by atoms with E-state index in [4.69, 9.17) is 5.11 Å². The predicted molar refractivity (Wildman–Crippen MR) is 54.5 cm³/mol. The molecular formula is C8H16N2O4S. The van der Waals surface area contributed by atoms with Crippen LogP contribution in [0.2, 0.25) is 0 Å². The third kappa shape index (κ3) is 2.47. The maximum Gasteiger partial charge on any atom is 0.322 e. The number of nitrogens with zero attached hydrogens (tertiary/aromatic N) is 1. The number of hydrogen-bond donors (Lipinski definition) is 2. The summed E-state index contributed by atoms with van der Waals surface area (Å²) in [5.41, 5.74) is 0. The van der Waals surface area contributed by atoms with Gasteiger partial charge >= 0.3 is 5.97 Å². The van der Waals surface area contributed by atoms with Crippen molar-refractivity contribution < 1.29 is 18.3 Å². The summed E-state index contributed by atoms with van der Waals surface area (Å²) < 4.78 is 26.6. The first-order valence-electron chi connectivity index (χ1n) is 4.89. The van der Waals surface area contributed by atoms with Crippen LogP contribution in [0.15, 0.2) is 0 Å². The minimum Gasteiger partial charge on any atom is -0.480 e. The average molecular weight is 236 g/mol. The molecule has 2 unspecified atom stereocenters. The van der Waals surface area contributed by atoms with Crippen molar-refractivity contribution in [1.82, 2.24) is 9.03 Å². The van der Waals surface area contributed by atoms with Crippen LogP contribution in [0.4, 0.5) is 0 Å². The fourth-order valence-corrected chi connectivity index (χ4v) is 3.29. The van der Waals surface area contributed by atoms with E-state index in [1.54, 1.807) is 13.8 Å². The lowest BCUT2D eigenvalue weighted by molar-refractivity contribution is -0.141. The van der Waals surface area contributed by atoms with Gasteiger partial charge in [0.1, 0.15) is 6.04 Å². The van der Waals surface area contributed by atoms with E-state index in [0.717, 1.165) is 4.31 Å². The van der Waals surface area contributed by atoms with Gasteiger partial charge in [0, 0.05) is 13.1 Å². The third-order valence-electron chi connectivity index (χ3n) is 2.54. The van der Waals surface area contributed by atoms with Gasteiger partial charge in [-0.05, 0) is 12.3 Å². The first-order chi connectivity index (χ1) is 6.90. The van der Waals surface area contributed by atoms with Crippen LogP contribution in [0, 0.1) is 5.92 Å². The summed E-state index contributed by atoms with van der Waals surface area (Å²) in [6.07, 6.45) is 0.585. The molecular weight excluding hydrogens is 220 g/mol. The van der Waals surface area contributed by atoms with Gasteiger partial charge in [-0.15, -0.1) is 0 Å². The van der Waals surface area contributed by atoms with Crippen molar-refractivity contribution in [2.75, 3.05) is 13.1 Å². The minimum atomic E-state index is -3.63. The van der Waals surface area contributed by atoms with E-state index in [9.17, 15) is 13.2 Å². The monoisotopic (exact) mass is 236 g/mol. The Bertz CT molecular complexity index is 341. The lowest BCUT2D eigenvalue weighted by Gasteiger charge is -2.22. The molecule has 1 heterocycles. The third-order valence-corrected chi connectivity index (χ3v) is 4.22. The summed E-state index contributed by atoms with van der Waals surface area (Å²) in [6.45, 7) is 3.94. The van der Waals surface area contributed by atoms with E-state index in [2.05, 4.69) is 4.72 Å². The van der Waals surface area contributed by atoms with Crippen LogP contribution in [0.25, 0.3) is 0 Å². The maximum atomic E-state index is 11.6. The number of aliphatic carboxylic acids is 1. The van der Waals surface area contributed by atoms with Crippen LogP contribution in [-0.2, 0) is 15.0 Å². The highest BCUT2D eigenvalue weighted by molar-refractivity contribution is 7.87. The summed E-state index contributed by atoms with van der Waals surface area (Å²) in [5, 5.41) is 8.95. The summed E-state index contributed by atoms with van der Waals surface area (Å²) in [5.74, 6) is -1.22.